The van der Waals surface area contributed by atoms with Gasteiger partial charge in [0.2, 0.25) is 0 Å². The van der Waals surface area contributed by atoms with Crippen molar-refractivity contribution in [1.29, 1.82) is 5.26 Å². The van der Waals surface area contributed by atoms with Crippen molar-refractivity contribution in [2.75, 3.05) is 0 Å². The molecule has 0 saturated heterocycles. The zero-order valence-corrected chi connectivity index (χ0v) is 32.5. The van der Waals surface area contributed by atoms with Crippen LogP contribution in [0, 0.1) is 11.3 Å². The number of hydrogen-bond donors (Lipinski definition) is 0. The van der Waals surface area contributed by atoms with Crippen LogP contribution in [0.4, 0.5) is 0 Å². The lowest BCUT2D eigenvalue weighted by Gasteiger charge is -2.11. The summed E-state index contributed by atoms with van der Waals surface area (Å²) in [6, 6.07) is 65.0. The summed E-state index contributed by atoms with van der Waals surface area (Å²) in [7, 11) is -1.40. The largest absolute Gasteiger partial charge is 0.309 e. The van der Waals surface area contributed by atoms with Crippen LogP contribution in [0.3, 0.4) is 0 Å². The third kappa shape index (κ3) is 5.48. The molecule has 0 radical (unpaired) electrons. The van der Waals surface area contributed by atoms with Crippen LogP contribution in [0.15, 0.2) is 204 Å². The quantitative estimate of drug-likeness (QED) is 0.164. The van der Waals surface area contributed by atoms with Gasteiger partial charge in [-0.05, 0) is 110 Å². The lowest BCUT2D eigenvalue weighted by molar-refractivity contribution is 0.683. The Morgan fingerprint density at radius 3 is 1.55 bits per heavy atom. The van der Waals surface area contributed by atoms with E-state index in [0.29, 0.717) is 15.4 Å². The highest BCUT2D eigenvalue weighted by molar-refractivity contribution is 7.85. The molecule has 11 rings (SSSR count). The predicted molar refractivity (Wildman–Crippen MR) is 241 cm³/mol. The van der Waals surface area contributed by atoms with Crippen LogP contribution < -0.4 is 0 Å². The zero-order valence-electron chi connectivity index (χ0n) is 31.7. The first-order valence-electron chi connectivity index (χ1n) is 19.2. The maximum atomic E-state index is 13.7. The summed E-state index contributed by atoms with van der Waals surface area (Å²) < 4.78 is 20.9. The smallest absolute Gasteiger partial charge is 0.0991 e. The summed E-state index contributed by atoms with van der Waals surface area (Å²) in [6.07, 6.45) is 1.75. The van der Waals surface area contributed by atoms with E-state index in [1.807, 2.05) is 19.1 Å². The molecule has 0 saturated carbocycles. The van der Waals surface area contributed by atoms with E-state index < -0.39 is 10.8 Å². The number of hydrogen-bond acceptors (Lipinski definition) is 2. The van der Waals surface area contributed by atoms with E-state index >= 15 is 0 Å². The van der Waals surface area contributed by atoms with E-state index in [1.54, 1.807) is 30.3 Å². The average molecular weight is 765 g/mol. The fourth-order valence-electron chi connectivity index (χ4n) is 8.50. The fourth-order valence-corrected chi connectivity index (χ4v) is 9.54. The van der Waals surface area contributed by atoms with Crippen molar-refractivity contribution in [2.45, 2.75) is 16.7 Å². The van der Waals surface area contributed by atoms with Gasteiger partial charge in [0.05, 0.1) is 55.5 Å². The van der Waals surface area contributed by atoms with Gasteiger partial charge in [0, 0.05) is 59.2 Å². The molecular weight excluding hydrogens is 729 g/mol. The molecule has 3 heterocycles. The third-order valence-electron chi connectivity index (χ3n) is 10.9. The average Bonchev–Trinajstić information content (AvgIpc) is 3.91. The number of aromatic nitrogens is 3. The van der Waals surface area contributed by atoms with Crippen molar-refractivity contribution in [2.24, 2.45) is 0 Å². The lowest BCUT2D eigenvalue weighted by Crippen LogP contribution is -1.97. The molecule has 6 heteroatoms. The van der Waals surface area contributed by atoms with Crippen LogP contribution in [0.1, 0.15) is 12.5 Å². The van der Waals surface area contributed by atoms with Gasteiger partial charge < -0.3 is 13.7 Å². The summed E-state index contributed by atoms with van der Waals surface area (Å²) in [4.78, 5) is 1.37. The van der Waals surface area contributed by atoms with E-state index in [-0.39, 0.29) is 0 Å². The zero-order chi connectivity index (χ0) is 39.3. The highest BCUT2D eigenvalue weighted by Gasteiger charge is 2.23. The standard InChI is InChI=1S/C49H30N4OS.C3H6/c50-31-32-19-23-36(24-20-32)55(54)37-25-21-35(22-26-37)53-47-29-41-38-15-7-9-17-43(38)52(34-13-5-2-6-14-34)46(41)30-42(47)39-27-28-45-48(49(39)53)40-16-8-10-18-44(40)51(45)33-11-3-1-4-12-33;1-3-2/h1-30H;3H,1H2,2H3. The molecule has 0 aliphatic heterocycles. The molecule has 1 unspecified atom stereocenters. The molecule has 5 nitrogen and oxygen atoms in total. The van der Waals surface area contributed by atoms with Crippen molar-refractivity contribution >= 4 is 76.2 Å². The second kappa shape index (κ2) is 14.2. The molecular formula is C52H36N4OS. The summed E-state index contributed by atoms with van der Waals surface area (Å²) in [5, 5.41) is 16.3. The van der Waals surface area contributed by atoms with Gasteiger partial charge in [-0.2, -0.15) is 5.26 Å². The Morgan fingerprint density at radius 1 is 0.483 bits per heavy atom. The molecule has 1 atom stereocenters. The molecule has 0 aliphatic rings. The molecule has 0 aliphatic carbocycles. The normalized spacial score (nSPS) is 11.9. The van der Waals surface area contributed by atoms with Gasteiger partial charge in [-0.1, -0.05) is 84.9 Å². The number of fused-ring (bicyclic) bond motifs is 10. The second-order valence-electron chi connectivity index (χ2n) is 14.3. The number of rotatable bonds is 5. The summed E-state index contributed by atoms with van der Waals surface area (Å²) >= 11 is 0. The molecule has 8 aromatic carbocycles. The highest BCUT2D eigenvalue weighted by Crippen LogP contribution is 2.44. The molecule has 11 aromatic rings. The highest BCUT2D eigenvalue weighted by atomic mass is 32.2. The summed E-state index contributed by atoms with van der Waals surface area (Å²) in [5.41, 5.74) is 10.6. The minimum atomic E-state index is -1.40. The molecule has 0 spiro atoms. The Kier molecular flexibility index (Phi) is 8.59. The molecule has 0 bridgehead atoms. The van der Waals surface area contributed by atoms with Crippen molar-refractivity contribution < 1.29 is 4.21 Å². The van der Waals surface area contributed by atoms with E-state index in [0.717, 1.165) is 60.9 Å². The number of para-hydroxylation sites is 4. The number of nitriles is 1. The fraction of sp³-hybridized carbons (Fsp3) is 0.0192. The first kappa shape index (κ1) is 35.0. The van der Waals surface area contributed by atoms with Crippen LogP contribution >= 0.6 is 0 Å². The van der Waals surface area contributed by atoms with Gasteiger partial charge >= 0.3 is 0 Å². The van der Waals surface area contributed by atoms with Gasteiger partial charge in [0.15, 0.2) is 0 Å². The van der Waals surface area contributed by atoms with Gasteiger partial charge in [-0.25, -0.2) is 4.21 Å². The Labute approximate surface area is 338 Å². The van der Waals surface area contributed by atoms with Gasteiger partial charge in [-0.3, -0.25) is 0 Å². The van der Waals surface area contributed by atoms with Gasteiger partial charge in [-0.15, -0.1) is 6.58 Å². The molecule has 0 fully saturated rings. The summed E-state index contributed by atoms with van der Waals surface area (Å²) in [6.45, 7) is 5.25. The monoisotopic (exact) mass is 764 g/mol. The Hall–Kier alpha value is -7.46. The topological polar surface area (TPSA) is 55.6 Å². The van der Waals surface area contributed by atoms with Crippen LogP contribution in [0.2, 0.25) is 0 Å². The van der Waals surface area contributed by atoms with Crippen LogP contribution in [0.5, 0.6) is 0 Å². The maximum Gasteiger partial charge on any atom is 0.0991 e. The number of allylic oxidation sites excluding steroid dienone is 1. The number of benzene rings is 8. The first-order chi connectivity index (χ1) is 28.6. The Bertz CT molecular complexity index is 3420. The van der Waals surface area contributed by atoms with Crippen LogP contribution in [-0.2, 0) is 10.8 Å². The van der Waals surface area contributed by atoms with E-state index in [2.05, 4.69) is 172 Å². The van der Waals surface area contributed by atoms with Crippen molar-refractivity contribution in [1.82, 2.24) is 13.7 Å². The SMILES string of the molecule is C=CC.N#Cc1ccc(S(=O)c2ccc(-n3c4cc5c6ccccc6n(-c6ccccc6)c5cc4c4ccc5c(c6ccccc6n5-c5ccccc5)c43)cc2)cc1. The van der Waals surface area contributed by atoms with Crippen molar-refractivity contribution in [3.8, 4) is 23.1 Å². The molecule has 58 heavy (non-hydrogen) atoms. The minimum absolute atomic E-state index is 0.545. The van der Waals surface area contributed by atoms with E-state index in [1.165, 1.54) is 21.5 Å². The molecule has 0 amide bonds. The predicted octanol–water partition coefficient (Wildman–Crippen LogP) is 13.2. The molecule has 0 N–H and O–H groups in total. The first-order valence-corrected chi connectivity index (χ1v) is 20.4. The molecule has 3 aromatic heterocycles. The third-order valence-corrected chi connectivity index (χ3v) is 12.3. The number of nitrogens with zero attached hydrogens (tertiary/aromatic N) is 4. The van der Waals surface area contributed by atoms with Gasteiger partial charge in [0.25, 0.3) is 0 Å². The van der Waals surface area contributed by atoms with E-state index in [9.17, 15) is 9.47 Å². The summed E-state index contributed by atoms with van der Waals surface area (Å²) in [5.74, 6) is 0. The maximum absolute atomic E-state index is 13.7. The second-order valence-corrected chi connectivity index (χ2v) is 15.7. The van der Waals surface area contributed by atoms with Crippen molar-refractivity contribution in [3.05, 3.63) is 200 Å². The van der Waals surface area contributed by atoms with E-state index in [4.69, 9.17) is 0 Å². The van der Waals surface area contributed by atoms with Gasteiger partial charge in [0.1, 0.15) is 0 Å². The van der Waals surface area contributed by atoms with Crippen LogP contribution in [0.25, 0.3) is 82.5 Å². The van der Waals surface area contributed by atoms with Crippen LogP contribution in [-0.4, -0.2) is 17.9 Å². The minimum Gasteiger partial charge on any atom is -0.309 e. The Balaban J connectivity index is 0.00000132. The Morgan fingerprint density at radius 2 is 0.948 bits per heavy atom. The van der Waals surface area contributed by atoms with Crippen molar-refractivity contribution in [3.63, 3.8) is 0 Å². The molecule has 276 valence electrons. The lowest BCUT2D eigenvalue weighted by atomic mass is 10.1.